The second kappa shape index (κ2) is 10.8. The molecule has 0 saturated carbocycles. The molecule has 6 nitrogen and oxygen atoms in total. The number of hydrogen-bond acceptors (Lipinski definition) is 6. The molecule has 0 atom stereocenters. The van der Waals surface area contributed by atoms with E-state index in [0.717, 1.165) is 31.3 Å². The van der Waals surface area contributed by atoms with E-state index in [1.807, 2.05) is 6.07 Å². The average molecular weight is 476 g/mol. The molecule has 1 aliphatic heterocycles. The molecule has 2 heterocycles. The first-order chi connectivity index (χ1) is 13.6. The summed E-state index contributed by atoms with van der Waals surface area (Å²) < 4.78 is 25.7. The highest BCUT2D eigenvalue weighted by Gasteiger charge is 2.18. The highest BCUT2D eigenvalue weighted by atomic mass is 35.5. The largest absolute Gasteiger partial charge is 0.493 e. The summed E-state index contributed by atoms with van der Waals surface area (Å²) in [5, 5.41) is 7.02. The Bertz CT molecular complexity index is 1000. The highest BCUT2D eigenvalue weighted by molar-refractivity contribution is 6.31. The van der Waals surface area contributed by atoms with Gasteiger partial charge in [0.05, 0.1) is 23.3 Å². The number of hydrogen-bond donors (Lipinski definition) is 2. The van der Waals surface area contributed by atoms with Gasteiger partial charge in [0.1, 0.15) is 6.10 Å². The van der Waals surface area contributed by atoms with E-state index in [2.05, 4.69) is 20.6 Å². The van der Waals surface area contributed by atoms with Crippen LogP contribution in [0.15, 0.2) is 36.5 Å². The third-order valence-electron chi connectivity index (χ3n) is 4.64. The minimum atomic E-state index is -0.545. The molecule has 0 radical (unpaired) electrons. The van der Waals surface area contributed by atoms with Crippen LogP contribution in [0.1, 0.15) is 12.8 Å². The first-order valence-corrected chi connectivity index (χ1v) is 9.45. The Morgan fingerprint density at radius 1 is 1.17 bits per heavy atom. The van der Waals surface area contributed by atoms with E-state index in [4.69, 9.17) is 21.1 Å². The summed E-state index contributed by atoms with van der Waals surface area (Å²) in [5.41, 5.74) is 0.874. The number of rotatable bonds is 5. The Labute approximate surface area is 191 Å². The van der Waals surface area contributed by atoms with E-state index in [-0.39, 0.29) is 47.6 Å². The number of aromatic nitrogens is 2. The van der Waals surface area contributed by atoms with Gasteiger partial charge in [-0.15, -0.1) is 24.8 Å². The molecule has 0 bridgehead atoms. The molecule has 1 fully saturated rings. The van der Waals surface area contributed by atoms with Crippen LogP contribution < -0.4 is 20.1 Å². The van der Waals surface area contributed by atoms with Crippen molar-refractivity contribution in [2.45, 2.75) is 18.9 Å². The van der Waals surface area contributed by atoms with E-state index < -0.39 is 5.82 Å². The zero-order chi connectivity index (χ0) is 19.5. The molecule has 2 N–H and O–H groups in total. The topological polar surface area (TPSA) is 68.3 Å². The summed E-state index contributed by atoms with van der Waals surface area (Å²) in [6.45, 7) is 1.89. The number of anilines is 2. The van der Waals surface area contributed by atoms with Crippen LogP contribution in [0.3, 0.4) is 0 Å². The van der Waals surface area contributed by atoms with Crippen molar-refractivity contribution in [2.24, 2.45) is 0 Å². The summed E-state index contributed by atoms with van der Waals surface area (Å²) in [4.78, 5) is 8.74. The van der Waals surface area contributed by atoms with Gasteiger partial charge >= 0.3 is 0 Å². The van der Waals surface area contributed by atoms with E-state index in [1.54, 1.807) is 31.5 Å². The Morgan fingerprint density at radius 3 is 2.67 bits per heavy atom. The molecular weight excluding hydrogens is 454 g/mol. The molecule has 0 aliphatic carbocycles. The van der Waals surface area contributed by atoms with Gasteiger partial charge in [0, 0.05) is 17.6 Å². The van der Waals surface area contributed by atoms with Gasteiger partial charge < -0.3 is 20.1 Å². The van der Waals surface area contributed by atoms with Gasteiger partial charge in [0.15, 0.2) is 17.3 Å². The summed E-state index contributed by atoms with van der Waals surface area (Å²) in [5.74, 6) is 0.996. The molecule has 0 spiro atoms. The lowest BCUT2D eigenvalue weighted by atomic mass is 10.1. The monoisotopic (exact) mass is 474 g/mol. The van der Waals surface area contributed by atoms with Crippen molar-refractivity contribution in [3.63, 3.8) is 0 Å². The number of ether oxygens (including phenoxy) is 2. The van der Waals surface area contributed by atoms with Crippen molar-refractivity contribution < 1.29 is 13.9 Å². The Hall–Kier alpha value is -2.06. The molecule has 0 amide bonds. The summed E-state index contributed by atoms with van der Waals surface area (Å²) in [6.07, 6.45) is 3.72. The lowest BCUT2D eigenvalue weighted by Crippen LogP contribution is -2.34. The van der Waals surface area contributed by atoms with Gasteiger partial charge in [-0.25, -0.2) is 14.4 Å². The second-order valence-corrected chi connectivity index (χ2v) is 6.96. The van der Waals surface area contributed by atoms with Crippen LogP contribution in [0.25, 0.3) is 10.9 Å². The van der Waals surface area contributed by atoms with Crippen molar-refractivity contribution >= 4 is 59.0 Å². The summed E-state index contributed by atoms with van der Waals surface area (Å²) in [7, 11) is 1.60. The summed E-state index contributed by atoms with van der Waals surface area (Å²) in [6, 6.07) is 8.39. The quantitative estimate of drug-likeness (QED) is 0.532. The van der Waals surface area contributed by atoms with E-state index in [0.29, 0.717) is 17.0 Å². The molecule has 4 rings (SSSR count). The van der Waals surface area contributed by atoms with Gasteiger partial charge in [-0.05, 0) is 44.1 Å². The number of nitrogens with zero attached hydrogens (tertiary/aromatic N) is 2. The second-order valence-electron chi connectivity index (χ2n) is 6.55. The maximum absolute atomic E-state index is 14.1. The van der Waals surface area contributed by atoms with Crippen molar-refractivity contribution in [3.8, 4) is 11.5 Å². The number of nitrogens with one attached hydrogen (secondary N) is 2. The zero-order valence-corrected chi connectivity index (χ0v) is 18.5. The lowest BCUT2D eigenvalue weighted by molar-refractivity contribution is 0.157. The number of benzene rings is 2. The zero-order valence-electron chi connectivity index (χ0n) is 16.2. The van der Waals surface area contributed by atoms with Gasteiger partial charge in [-0.2, -0.15) is 0 Å². The van der Waals surface area contributed by atoms with Crippen molar-refractivity contribution in [1.29, 1.82) is 0 Å². The van der Waals surface area contributed by atoms with Gasteiger partial charge in [0.2, 0.25) is 5.95 Å². The number of halogens is 4. The fourth-order valence-corrected chi connectivity index (χ4v) is 3.34. The third-order valence-corrected chi connectivity index (χ3v) is 4.94. The first kappa shape index (κ1) is 24.2. The predicted molar refractivity (Wildman–Crippen MR) is 122 cm³/mol. The Kier molecular flexibility index (Phi) is 8.73. The van der Waals surface area contributed by atoms with E-state index >= 15 is 0 Å². The maximum Gasteiger partial charge on any atom is 0.227 e. The molecule has 3 aromatic rings. The minimum Gasteiger partial charge on any atom is -0.493 e. The van der Waals surface area contributed by atoms with Crippen LogP contribution in [0.5, 0.6) is 11.5 Å². The third kappa shape index (κ3) is 5.35. The van der Waals surface area contributed by atoms with Crippen molar-refractivity contribution in [3.05, 3.63) is 47.4 Å². The van der Waals surface area contributed by atoms with E-state index in [1.165, 1.54) is 6.07 Å². The fraction of sp³-hybridized carbons (Fsp3) is 0.300. The van der Waals surface area contributed by atoms with Crippen LogP contribution in [-0.4, -0.2) is 36.3 Å². The van der Waals surface area contributed by atoms with Crippen LogP contribution in [0, 0.1) is 5.82 Å². The lowest BCUT2D eigenvalue weighted by Gasteiger charge is -2.24. The normalized spacial score (nSPS) is 13.8. The van der Waals surface area contributed by atoms with Crippen LogP contribution >= 0.6 is 36.4 Å². The van der Waals surface area contributed by atoms with Crippen LogP contribution in [0.2, 0.25) is 5.02 Å². The Balaban J connectivity index is 0.00000160. The molecule has 162 valence electrons. The van der Waals surface area contributed by atoms with Gasteiger partial charge in [-0.3, -0.25) is 0 Å². The maximum atomic E-state index is 14.1. The summed E-state index contributed by atoms with van der Waals surface area (Å²) >= 11 is 5.82. The van der Waals surface area contributed by atoms with Crippen LogP contribution in [0.4, 0.5) is 16.0 Å². The SMILES string of the molecule is COc1cc2nc(Nc3cccc(Cl)c3F)ncc2cc1OC1CCNCC1.Cl.Cl. The van der Waals surface area contributed by atoms with Crippen molar-refractivity contribution in [1.82, 2.24) is 15.3 Å². The highest BCUT2D eigenvalue weighted by Crippen LogP contribution is 2.34. The fourth-order valence-electron chi connectivity index (χ4n) is 3.16. The molecule has 1 saturated heterocycles. The number of piperidine rings is 1. The molecule has 1 aromatic heterocycles. The molecule has 30 heavy (non-hydrogen) atoms. The predicted octanol–water partition coefficient (Wildman–Crippen LogP) is 5.15. The van der Waals surface area contributed by atoms with Crippen LogP contribution in [-0.2, 0) is 0 Å². The molecular formula is C20H22Cl3FN4O2. The van der Waals surface area contributed by atoms with E-state index in [9.17, 15) is 4.39 Å². The molecule has 1 aliphatic rings. The average Bonchev–Trinajstić information content (AvgIpc) is 2.72. The smallest absolute Gasteiger partial charge is 0.227 e. The molecule has 10 heteroatoms. The van der Waals surface area contributed by atoms with Crippen molar-refractivity contribution in [2.75, 3.05) is 25.5 Å². The van der Waals surface area contributed by atoms with Gasteiger partial charge in [0.25, 0.3) is 0 Å². The number of methoxy groups -OCH3 is 1. The molecule has 2 aromatic carbocycles. The first-order valence-electron chi connectivity index (χ1n) is 9.07. The minimum absolute atomic E-state index is 0. The molecule has 0 unspecified atom stereocenters. The standard InChI is InChI=1S/C20H20ClFN4O2.2ClH/c1-27-17-10-16-12(9-18(17)28-13-5-7-23-8-6-13)11-24-20(26-16)25-15-4-2-3-14(21)19(15)22;;/h2-4,9-11,13,23H,5-8H2,1H3,(H,24,25,26);2*1H. The Morgan fingerprint density at radius 2 is 1.93 bits per heavy atom. The number of fused-ring (bicyclic) bond motifs is 1. The van der Waals surface area contributed by atoms with Gasteiger partial charge in [-0.1, -0.05) is 17.7 Å².